The number of rotatable bonds is 3. The Hall–Kier alpha value is -2.37. The molecule has 3 fully saturated rings. The fraction of sp³-hybridized carbons (Fsp3) is 0.542. The number of hydrogen-bond donors (Lipinski definition) is 1. The highest BCUT2D eigenvalue weighted by molar-refractivity contribution is 6.28. The second kappa shape index (κ2) is 7.33. The average molecular weight is 502 g/mol. The van der Waals surface area contributed by atoms with Gasteiger partial charge in [-0.25, -0.2) is 9.37 Å². The third-order valence-corrected chi connectivity index (χ3v) is 7.91. The molecule has 1 aliphatic carbocycles. The van der Waals surface area contributed by atoms with Crippen molar-refractivity contribution in [3.05, 3.63) is 46.8 Å². The fourth-order valence-electron chi connectivity index (χ4n) is 6.33. The van der Waals surface area contributed by atoms with Crippen molar-refractivity contribution >= 4 is 28.6 Å². The summed E-state index contributed by atoms with van der Waals surface area (Å²) in [7, 11) is 0. The summed E-state index contributed by atoms with van der Waals surface area (Å²) in [6.07, 6.45) is 1.43. The van der Waals surface area contributed by atoms with E-state index in [-0.39, 0.29) is 23.1 Å². The van der Waals surface area contributed by atoms with Crippen molar-refractivity contribution in [3.63, 3.8) is 0 Å². The smallest absolute Gasteiger partial charge is 0.226 e. The predicted octanol–water partition coefficient (Wildman–Crippen LogP) is 2.73. The first-order valence-electron chi connectivity index (χ1n) is 11.8. The molecule has 2 aromatic heterocycles. The van der Waals surface area contributed by atoms with E-state index < -0.39 is 30.3 Å². The van der Waals surface area contributed by atoms with E-state index in [1.807, 2.05) is 19.9 Å². The van der Waals surface area contributed by atoms with Crippen LogP contribution in [0, 0.1) is 5.82 Å². The number of aryl methyl sites for hydroxylation is 1. The third-order valence-electron chi connectivity index (χ3n) is 7.74. The van der Waals surface area contributed by atoms with Gasteiger partial charge in [0, 0.05) is 24.1 Å². The van der Waals surface area contributed by atoms with Crippen LogP contribution in [0.2, 0.25) is 5.28 Å². The number of hydrogen-bond acceptors (Lipinski definition) is 8. The summed E-state index contributed by atoms with van der Waals surface area (Å²) in [5.74, 6) is -0.313. The summed E-state index contributed by atoms with van der Waals surface area (Å²) in [6, 6.07) is 5.34. The number of ether oxygens (including phenoxy) is 3. The summed E-state index contributed by atoms with van der Waals surface area (Å²) in [6.45, 7) is 4.75. The number of imidazole rings is 1. The number of anilines is 1. The van der Waals surface area contributed by atoms with E-state index in [0.29, 0.717) is 30.1 Å². The van der Waals surface area contributed by atoms with Gasteiger partial charge in [-0.3, -0.25) is 4.57 Å². The number of benzene rings is 1. The van der Waals surface area contributed by atoms with Gasteiger partial charge < -0.3 is 24.2 Å². The van der Waals surface area contributed by atoms with E-state index in [1.54, 1.807) is 23.0 Å². The van der Waals surface area contributed by atoms with Gasteiger partial charge in [0.1, 0.15) is 24.1 Å². The highest BCUT2D eigenvalue weighted by Crippen LogP contribution is 2.49. The van der Waals surface area contributed by atoms with Crippen LogP contribution < -0.4 is 4.90 Å². The number of halogens is 2. The summed E-state index contributed by atoms with van der Waals surface area (Å²) < 4.78 is 34.7. The molecule has 0 radical (unpaired) electrons. The highest BCUT2D eigenvalue weighted by atomic mass is 35.5. The van der Waals surface area contributed by atoms with Crippen LogP contribution >= 0.6 is 11.6 Å². The fourth-order valence-corrected chi connectivity index (χ4v) is 6.49. The minimum absolute atomic E-state index is 0.0883. The molecule has 0 bridgehead atoms. The summed E-state index contributed by atoms with van der Waals surface area (Å²) in [5, 5.41) is 9.93. The quantitative estimate of drug-likeness (QED) is 0.547. The molecule has 1 aromatic carbocycles. The van der Waals surface area contributed by atoms with Crippen LogP contribution in [-0.4, -0.2) is 68.4 Å². The van der Waals surface area contributed by atoms with E-state index in [9.17, 15) is 9.50 Å². The molecular weight excluding hydrogens is 477 g/mol. The van der Waals surface area contributed by atoms with Crippen molar-refractivity contribution in [2.45, 2.75) is 62.4 Å². The lowest BCUT2D eigenvalue weighted by Crippen LogP contribution is -2.59. The van der Waals surface area contributed by atoms with Crippen molar-refractivity contribution in [1.82, 2.24) is 19.5 Å². The van der Waals surface area contributed by atoms with Crippen molar-refractivity contribution in [2.24, 2.45) is 0 Å². The first kappa shape index (κ1) is 21.9. The minimum atomic E-state index is -0.794. The SMILES string of the molecule is CC1(C)OC2C(O1)[C@@H](CO)O[C@H]2n1cnc2c(N3CC4(CCc5cccc(F)c54)C3)nc(Cl)nc21. The van der Waals surface area contributed by atoms with E-state index in [2.05, 4.69) is 19.9 Å². The van der Waals surface area contributed by atoms with Gasteiger partial charge in [-0.15, -0.1) is 0 Å². The molecule has 1 N–H and O–H groups in total. The van der Waals surface area contributed by atoms with Crippen molar-refractivity contribution < 1.29 is 23.7 Å². The first-order valence-corrected chi connectivity index (χ1v) is 12.2. The van der Waals surface area contributed by atoms with Crippen molar-refractivity contribution in [2.75, 3.05) is 24.6 Å². The summed E-state index contributed by atoms with van der Waals surface area (Å²) in [5.41, 5.74) is 2.80. The number of aliphatic hydroxyl groups excluding tert-OH is 1. The van der Waals surface area contributed by atoms with Gasteiger partial charge in [0.25, 0.3) is 0 Å². The Bertz CT molecular complexity index is 1340. The van der Waals surface area contributed by atoms with E-state index in [1.165, 1.54) is 0 Å². The van der Waals surface area contributed by atoms with Gasteiger partial charge in [0.2, 0.25) is 5.28 Å². The highest BCUT2D eigenvalue weighted by Gasteiger charge is 2.56. The lowest BCUT2D eigenvalue weighted by Gasteiger charge is -2.49. The number of fused-ring (bicyclic) bond motifs is 4. The molecular formula is C24H25ClFN5O4. The predicted molar refractivity (Wildman–Crippen MR) is 124 cm³/mol. The first-order chi connectivity index (χ1) is 16.8. The second-order valence-electron chi connectivity index (χ2n) is 10.4. The number of aromatic nitrogens is 4. The maximum absolute atomic E-state index is 14.7. The Labute approximate surface area is 205 Å². The maximum Gasteiger partial charge on any atom is 0.226 e. The zero-order valence-corrected chi connectivity index (χ0v) is 20.1. The van der Waals surface area contributed by atoms with Crippen LogP contribution in [0.3, 0.4) is 0 Å². The van der Waals surface area contributed by atoms with E-state index >= 15 is 0 Å². The van der Waals surface area contributed by atoms with E-state index in [4.69, 9.17) is 25.8 Å². The lowest BCUT2D eigenvalue weighted by atomic mass is 9.74. The molecule has 9 nitrogen and oxygen atoms in total. The molecule has 3 aromatic rings. The van der Waals surface area contributed by atoms with Gasteiger partial charge in [0.15, 0.2) is 29.0 Å². The molecule has 7 rings (SSSR count). The number of nitrogens with zero attached hydrogens (tertiary/aromatic N) is 5. The molecule has 4 atom stereocenters. The zero-order chi connectivity index (χ0) is 24.1. The molecule has 35 heavy (non-hydrogen) atoms. The van der Waals surface area contributed by atoms with E-state index in [0.717, 1.165) is 24.0 Å². The number of aliphatic hydroxyl groups is 1. The monoisotopic (exact) mass is 501 g/mol. The Morgan fingerprint density at radius 1 is 1.20 bits per heavy atom. The van der Waals surface area contributed by atoms with Crippen LogP contribution in [0.1, 0.15) is 37.6 Å². The average Bonchev–Trinajstić information content (AvgIpc) is 3.52. The van der Waals surface area contributed by atoms with Gasteiger partial charge in [-0.2, -0.15) is 9.97 Å². The zero-order valence-electron chi connectivity index (χ0n) is 19.3. The van der Waals surface area contributed by atoms with Crippen molar-refractivity contribution in [3.8, 4) is 0 Å². The van der Waals surface area contributed by atoms with Gasteiger partial charge in [-0.05, 0) is 49.9 Å². The van der Waals surface area contributed by atoms with Crippen molar-refractivity contribution in [1.29, 1.82) is 0 Å². The summed E-state index contributed by atoms with van der Waals surface area (Å²) >= 11 is 6.37. The molecule has 5 heterocycles. The largest absolute Gasteiger partial charge is 0.394 e. The van der Waals surface area contributed by atoms with Crippen LogP contribution in [0.5, 0.6) is 0 Å². The van der Waals surface area contributed by atoms with Crippen LogP contribution in [0.4, 0.5) is 10.2 Å². The summed E-state index contributed by atoms with van der Waals surface area (Å²) in [4.78, 5) is 15.6. The molecule has 0 amide bonds. The standard InChI is InChI=1S/C24H25ClFN5O4/c1-23(2)34-17-14(8-32)33-21(18(17)35-23)31-11-27-16-19(28-22(25)29-20(16)31)30-9-24(10-30)7-6-12-4-3-5-13(26)15(12)24/h3-5,11,14,17-18,21,32H,6-10H2,1-2H3/t14-,17?,18?,21-/m1/s1. The molecule has 0 saturated carbocycles. The normalized spacial score (nSPS) is 30.1. The molecule has 2 unspecified atom stereocenters. The molecule has 3 aliphatic heterocycles. The molecule has 1 spiro atoms. The Kier molecular flexibility index (Phi) is 4.58. The van der Waals surface area contributed by atoms with Gasteiger partial charge in [-0.1, -0.05) is 12.1 Å². The Morgan fingerprint density at radius 2 is 2.00 bits per heavy atom. The Balaban J connectivity index is 1.23. The molecule has 184 valence electrons. The Morgan fingerprint density at radius 3 is 2.80 bits per heavy atom. The van der Waals surface area contributed by atoms with Gasteiger partial charge in [0.05, 0.1) is 12.9 Å². The topological polar surface area (TPSA) is 94.8 Å². The van der Waals surface area contributed by atoms with Crippen LogP contribution in [0.15, 0.2) is 24.5 Å². The van der Waals surface area contributed by atoms with Gasteiger partial charge >= 0.3 is 0 Å². The van der Waals surface area contributed by atoms with Crippen LogP contribution in [0.25, 0.3) is 11.2 Å². The second-order valence-corrected chi connectivity index (χ2v) is 10.7. The lowest BCUT2D eigenvalue weighted by molar-refractivity contribution is -0.199. The molecule has 11 heteroatoms. The minimum Gasteiger partial charge on any atom is -0.394 e. The maximum atomic E-state index is 14.7. The van der Waals surface area contributed by atoms with Crippen LogP contribution in [-0.2, 0) is 26.0 Å². The molecule has 4 aliphatic rings. The third kappa shape index (κ3) is 3.10. The molecule has 3 saturated heterocycles.